The monoisotopic (exact) mass is 465 g/mol. The second-order valence-corrected chi connectivity index (χ2v) is 9.84. The first kappa shape index (κ1) is 23.4. The number of likely N-dealkylation sites (N-methyl/N-ethyl adjacent to an activating group) is 1. The lowest BCUT2D eigenvalue weighted by Crippen LogP contribution is -2.49. The predicted octanol–water partition coefficient (Wildman–Crippen LogP) is 2.85. The van der Waals surface area contributed by atoms with Gasteiger partial charge < -0.3 is 14.5 Å². The zero-order valence-electron chi connectivity index (χ0n) is 17.8. The van der Waals surface area contributed by atoms with E-state index >= 15 is 0 Å². The summed E-state index contributed by atoms with van der Waals surface area (Å²) in [5, 5.41) is 0.595. The average Bonchev–Trinajstić information content (AvgIpc) is 2.77. The molecule has 3 rings (SSSR count). The molecule has 0 spiro atoms. The van der Waals surface area contributed by atoms with Crippen molar-refractivity contribution in [2.24, 2.45) is 0 Å². The SMILES string of the molecule is CCN1CCN(C(=O)COc2ccc(N(Cc3ccc(Cl)cc3)S(C)(=O)=O)cc2)CC1. The summed E-state index contributed by atoms with van der Waals surface area (Å²) in [7, 11) is -3.49. The molecular formula is C22H28ClN3O4S. The molecule has 9 heteroatoms. The lowest BCUT2D eigenvalue weighted by atomic mass is 10.2. The van der Waals surface area contributed by atoms with Gasteiger partial charge in [-0.15, -0.1) is 0 Å². The normalized spacial score (nSPS) is 15.0. The van der Waals surface area contributed by atoms with Gasteiger partial charge in [0.15, 0.2) is 6.61 Å². The van der Waals surface area contributed by atoms with Crippen LogP contribution in [-0.2, 0) is 21.4 Å². The molecule has 0 atom stereocenters. The van der Waals surface area contributed by atoms with Crippen molar-refractivity contribution in [3.05, 3.63) is 59.1 Å². The number of halogens is 1. The maximum Gasteiger partial charge on any atom is 0.260 e. The van der Waals surface area contributed by atoms with Gasteiger partial charge in [0.2, 0.25) is 10.0 Å². The molecular weight excluding hydrogens is 438 g/mol. The Morgan fingerprint density at radius 2 is 1.65 bits per heavy atom. The summed E-state index contributed by atoms with van der Waals surface area (Å²) in [4.78, 5) is 16.5. The fourth-order valence-electron chi connectivity index (χ4n) is 3.41. The van der Waals surface area contributed by atoms with E-state index in [0.29, 0.717) is 29.5 Å². The molecule has 0 N–H and O–H groups in total. The molecule has 1 saturated heterocycles. The summed E-state index contributed by atoms with van der Waals surface area (Å²) in [6.45, 7) is 6.45. The summed E-state index contributed by atoms with van der Waals surface area (Å²) in [5.74, 6) is 0.476. The number of sulfonamides is 1. The Balaban J connectivity index is 1.60. The number of benzene rings is 2. The van der Waals surface area contributed by atoms with E-state index in [1.54, 1.807) is 48.5 Å². The van der Waals surface area contributed by atoms with Gasteiger partial charge in [-0.2, -0.15) is 0 Å². The first-order valence-electron chi connectivity index (χ1n) is 10.2. The average molecular weight is 466 g/mol. The Labute approximate surface area is 189 Å². The van der Waals surface area contributed by atoms with Crippen molar-refractivity contribution >= 4 is 33.2 Å². The number of piperazine rings is 1. The maximum atomic E-state index is 12.4. The second kappa shape index (κ2) is 10.3. The summed E-state index contributed by atoms with van der Waals surface area (Å²) in [6, 6.07) is 13.8. The molecule has 0 radical (unpaired) electrons. The second-order valence-electron chi connectivity index (χ2n) is 7.49. The van der Waals surface area contributed by atoms with Crippen molar-refractivity contribution in [3.8, 4) is 5.75 Å². The van der Waals surface area contributed by atoms with E-state index in [1.807, 2.05) is 4.90 Å². The highest BCUT2D eigenvalue weighted by molar-refractivity contribution is 7.92. The van der Waals surface area contributed by atoms with Gasteiger partial charge in [-0.25, -0.2) is 8.42 Å². The zero-order chi connectivity index (χ0) is 22.4. The van der Waals surface area contributed by atoms with E-state index in [1.165, 1.54) is 10.6 Å². The van der Waals surface area contributed by atoms with E-state index in [4.69, 9.17) is 16.3 Å². The Hall–Kier alpha value is -2.29. The Morgan fingerprint density at radius 3 is 2.19 bits per heavy atom. The smallest absolute Gasteiger partial charge is 0.260 e. The standard InChI is InChI=1S/C22H28ClN3O4S/c1-3-24-12-14-25(15-13-24)22(27)17-30-21-10-8-20(9-11-21)26(31(2,28)29)16-18-4-6-19(23)7-5-18/h4-11H,3,12-17H2,1-2H3. The highest BCUT2D eigenvalue weighted by Crippen LogP contribution is 2.24. The van der Waals surface area contributed by atoms with Crippen LogP contribution in [0.5, 0.6) is 5.75 Å². The van der Waals surface area contributed by atoms with Gasteiger partial charge in [0, 0.05) is 31.2 Å². The molecule has 1 heterocycles. The molecule has 7 nitrogen and oxygen atoms in total. The minimum absolute atomic E-state index is 0.0357. The fourth-order valence-corrected chi connectivity index (χ4v) is 4.43. The Morgan fingerprint density at radius 1 is 1.03 bits per heavy atom. The van der Waals surface area contributed by atoms with Gasteiger partial charge in [0.05, 0.1) is 18.5 Å². The summed E-state index contributed by atoms with van der Waals surface area (Å²) < 4.78 is 31.6. The first-order chi connectivity index (χ1) is 14.8. The zero-order valence-corrected chi connectivity index (χ0v) is 19.4. The Kier molecular flexibility index (Phi) is 7.80. The van der Waals surface area contributed by atoms with Gasteiger partial charge in [-0.05, 0) is 48.5 Å². The van der Waals surface area contributed by atoms with E-state index in [0.717, 1.165) is 25.2 Å². The van der Waals surface area contributed by atoms with Gasteiger partial charge in [0.25, 0.3) is 5.91 Å². The van der Waals surface area contributed by atoms with Gasteiger partial charge in [-0.3, -0.25) is 9.10 Å². The van der Waals surface area contributed by atoms with E-state index in [2.05, 4.69) is 11.8 Å². The number of amides is 1. The molecule has 0 saturated carbocycles. The molecule has 1 aliphatic heterocycles. The molecule has 1 fully saturated rings. The number of carbonyl (C=O) groups excluding carboxylic acids is 1. The van der Waals surface area contributed by atoms with Gasteiger partial charge >= 0.3 is 0 Å². The molecule has 168 valence electrons. The molecule has 0 unspecified atom stereocenters. The summed E-state index contributed by atoms with van der Waals surface area (Å²) >= 11 is 5.91. The first-order valence-corrected chi connectivity index (χ1v) is 12.4. The molecule has 0 aliphatic carbocycles. The summed E-state index contributed by atoms with van der Waals surface area (Å²) in [5.41, 5.74) is 1.34. The summed E-state index contributed by atoms with van der Waals surface area (Å²) in [6.07, 6.45) is 1.17. The van der Waals surface area contributed by atoms with Gasteiger partial charge in [0.1, 0.15) is 5.75 Å². The number of carbonyl (C=O) groups is 1. The highest BCUT2D eigenvalue weighted by atomic mass is 35.5. The number of hydrogen-bond acceptors (Lipinski definition) is 5. The maximum absolute atomic E-state index is 12.4. The number of ether oxygens (including phenoxy) is 1. The van der Waals surface area contributed by atoms with Crippen molar-refractivity contribution in [2.45, 2.75) is 13.5 Å². The van der Waals surface area contributed by atoms with Crippen LogP contribution in [0.4, 0.5) is 5.69 Å². The molecule has 1 aliphatic rings. The van der Waals surface area contributed by atoms with E-state index < -0.39 is 10.0 Å². The Bertz CT molecular complexity index is 973. The number of nitrogens with zero attached hydrogens (tertiary/aromatic N) is 3. The highest BCUT2D eigenvalue weighted by Gasteiger charge is 2.21. The van der Waals surface area contributed by atoms with Crippen molar-refractivity contribution in [1.29, 1.82) is 0 Å². The van der Waals surface area contributed by atoms with Crippen molar-refractivity contribution < 1.29 is 17.9 Å². The van der Waals surface area contributed by atoms with Crippen LogP contribution in [0, 0.1) is 0 Å². The predicted molar refractivity (Wildman–Crippen MR) is 123 cm³/mol. The van der Waals surface area contributed by atoms with Crippen LogP contribution in [-0.4, -0.2) is 69.7 Å². The molecule has 31 heavy (non-hydrogen) atoms. The van der Waals surface area contributed by atoms with Crippen LogP contribution < -0.4 is 9.04 Å². The topological polar surface area (TPSA) is 70.2 Å². The molecule has 0 aromatic heterocycles. The number of anilines is 1. The molecule has 0 bridgehead atoms. The minimum Gasteiger partial charge on any atom is -0.484 e. The van der Waals surface area contributed by atoms with Crippen LogP contribution in [0.15, 0.2) is 48.5 Å². The quantitative estimate of drug-likeness (QED) is 0.599. The third kappa shape index (κ3) is 6.59. The van der Waals surface area contributed by atoms with Crippen LogP contribution in [0.2, 0.25) is 5.02 Å². The van der Waals surface area contributed by atoms with Crippen LogP contribution in [0.25, 0.3) is 0 Å². The molecule has 1 amide bonds. The minimum atomic E-state index is -3.49. The van der Waals surface area contributed by atoms with Gasteiger partial charge in [-0.1, -0.05) is 30.7 Å². The molecule has 2 aromatic rings. The third-order valence-corrected chi connectivity index (χ3v) is 6.69. The lowest BCUT2D eigenvalue weighted by molar-refractivity contribution is -0.135. The fraction of sp³-hybridized carbons (Fsp3) is 0.409. The molecule has 2 aromatic carbocycles. The number of hydrogen-bond donors (Lipinski definition) is 0. The number of rotatable bonds is 8. The van der Waals surface area contributed by atoms with Crippen molar-refractivity contribution in [3.63, 3.8) is 0 Å². The third-order valence-electron chi connectivity index (χ3n) is 5.30. The van der Waals surface area contributed by atoms with E-state index in [-0.39, 0.29) is 19.1 Å². The van der Waals surface area contributed by atoms with E-state index in [9.17, 15) is 13.2 Å². The van der Waals surface area contributed by atoms with Crippen LogP contribution in [0.1, 0.15) is 12.5 Å². The van der Waals surface area contributed by atoms with Crippen LogP contribution >= 0.6 is 11.6 Å². The van der Waals surface area contributed by atoms with Crippen LogP contribution in [0.3, 0.4) is 0 Å². The van der Waals surface area contributed by atoms with Crippen molar-refractivity contribution in [1.82, 2.24) is 9.80 Å². The lowest BCUT2D eigenvalue weighted by Gasteiger charge is -2.33. The largest absolute Gasteiger partial charge is 0.484 e. The van der Waals surface area contributed by atoms with Crippen molar-refractivity contribution in [2.75, 3.05) is 49.9 Å².